The first-order valence-corrected chi connectivity index (χ1v) is 6.84. The van der Waals surface area contributed by atoms with Gasteiger partial charge in [-0.15, -0.1) is 11.8 Å². The molecule has 82 valence electrons. The van der Waals surface area contributed by atoms with Gasteiger partial charge in [0.2, 0.25) is 0 Å². The first-order chi connectivity index (χ1) is 7.18. The molecule has 1 nitrogen and oxygen atoms in total. The van der Waals surface area contributed by atoms with Gasteiger partial charge in [-0.2, -0.15) is 0 Å². The van der Waals surface area contributed by atoms with Crippen molar-refractivity contribution in [1.29, 1.82) is 0 Å². The zero-order valence-corrected chi connectivity index (χ0v) is 11.2. The van der Waals surface area contributed by atoms with Crippen LogP contribution in [0, 0.1) is 0 Å². The highest BCUT2D eigenvalue weighted by Crippen LogP contribution is 2.21. The number of carbonyl (C=O) groups is 1. The van der Waals surface area contributed by atoms with E-state index in [0.717, 1.165) is 29.5 Å². The van der Waals surface area contributed by atoms with E-state index in [2.05, 4.69) is 40.2 Å². The maximum Gasteiger partial charge on any atom is 0.129 e. The van der Waals surface area contributed by atoms with Crippen LogP contribution in [0.25, 0.3) is 0 Å². The fourth-order valence-corrected chi connectivity index (χ4v) is 2.37. The Morgan fingerprint density at radius 2 is 1.93 bits per heavy atom. The Hall–Kier alpha value is -0.280. The number of hydrogen-bond acceptors (Lipinski definition) is 2. The fraction of sp³-hybridized carbons (Fsp3) is 0.417. The molecule has 0 bridgehead atoms. The van der Waals surface area contributed by atoms with Gasteiger partial charge >= 0.3 is 0 Å². The van der Waals surface area contributed by atoms with Gasteiger partial charge < -0.3 is 4.79 Å². The predicted molar refractivity (Wildman–Crippen MR) is 69.4 cm³/mol. The summed E-state index contributed by atoms with van der Waals surface area (Å²) >= 11 is 5.26. The van der Waals surface area contributed by atoms with Gasteiger partial charge in [0.05, 0.1) is 0 Å². The quantitative estimate of drug-likeness (QED) is 0.573. The lowest BCUT2D eigenvalue weighted by molar-refractivity contribution is -0.117. The Balaban J connectivity index is 2.15. The summed E-state index contributed by atoms with van der Waals surface area (Å²) in [4.78, 5) is 12.0. The Kier molecular flexibility index (Phi) is 6.03. The van der Waals surface area contributed by atoms with Crippen LogP contribution >= 0.6 is 27.7 Å². The van der Waals surface area contributed by atoms with Crippen molar-refractivity contribution in [2.75, 3.05) is 5.75 Å². The second kappa shape index (κ2) is 7.07. The second-order valence-corrected chi connectivity index (χ2v) is 5.55. The highest BCUT2D eigenvalue weighted by atomic mass is 79.9. The molecule has 0 aromatic heterocycles. The van der Waals surface area contributed by atoms with Gasteiger partial charge in [-0.3, -0.25) is 0 Å². The molecule has 0 unspecified atom stereocenters. The molecule has 0 spiro atoms. The molecule has 0 saturated heterocycles. The average Bonchev–Trinajstić information content (AvgIpc) is 2.20. The lowest BCUT2D eigenvalue weighted by Gasteiger charge is -2.01. The van der Waals surface area contributed by atoms with Crippen molar-refractivity contribution in [3.8, 4) is 0 Å². The summed E-state index contributed by atoms with van der Waals surface area (Å²) in [6, 6.07) is 8.33. The fourth-order valence-electron chi connectivity index (χ4n) is 1.20. The van der Waals surface area contributed by atoms with E-state index in [0.29, 0.717) is 5.78 Å². The van der Waals surface area contributed by atoms with Gasteiger partial charge in [0, 0.05) is 15.8 Å². The number of hydrogen-bond donors (Lipinski definition) is 0. The SMILES string of the molecule is CC(=O)CCCCSc1ccc(Br)cc1. The van der Waals surface area contributed by atoms with E-state index in [1.54, 1.807) is 6.92 Å². The van der Waals surface area contributed by atoms with E-state index < -0.39 is 0 Å². The molecule has 0 atom stereocenters. The van der Waals surface area contributed by atoms with Crippen molar-refractivity contribution in [1.82, 2.24) is 0 Å². The van der Waals surface area contributed by atoms with Crippen LogP contribution in [-0.2, 0) is 4.79 Å². The molecule has 15 heavy (non-hydrogen) atoms. The van der Waals surface area contributed by atoms with Crippen molar-refractivity contribution < 1.29 is 4.79 Å². The minimum absolute atomic E-state index is 0.295. The normalized spacial score (nSPS) is 10.3. The number of thioether (sulfide) groups is 1. The van der Waals surface area contributed by atoms with Gasteiger partial charge in [-0.05, 0) is 49.8 Å². The van der Waals surface area contributed by atoms with Crippen LogP contribution in [0.3, 0.4) is 0 Å². The topological polar surface area (TPSA) is 17.1 Å². The molecule has 1 aromatic carbocycles. The van der Waals surface area contributed by atoms with Crippen LogP contribution in [0.4, 0.5) is 0 Å². The zero-order valence-electron chi connectivity index (χ0n) is 8.83. The summed E-state index contributed by atoms with van der Waals surface area (Å²) in [7, 11) is 0. The molecule has 0 saturated carbocycles. The van der Waals surface area contributed by atoms with E-state index >= 15 is 0 Å². The molecular formula is C12H15BrOS. The summed E-state index contributed by atoms with van der Waals surface area (Å²) < 4.78 is 1.11. The van der Waals surface area contributed by atoms with Gasteiger partial charge in [0.1, 0.15) is 5.78 Å². The van der Waals surface area contributed by atoms with Crippen LogP contribution < -0.4 is 0 Å². The van der Waals surface area contributed by atoms with E-state index in [-0.39, 0.29) is 0 Å². The summed E-state index contributed by atoms with van der Waals surface area (Å²) in [6.07, 6.45) is 2.85. The Morgan fingerprint density at radius 3 is 2.53 bits per heavy atom. The minimum atomic E-state index is 0.295. The molecule has 0 amide bonds. The van der Waals surface area contributed by atoms with E-state index in [1.807, 2.05) is 11.8 Å². The maximum absolute atomic E-state index is 10.7. The van der Waals surface area contributed by atoms with Crippen molar-refractivity contribution in [3.05, 3.63) is 28.7 Å². The van der Waals surface area contributed by atoms with Gasteiger partial charge in [0.25, 0.3) is 0 Å². The van der Waals surface area contributed by atoms with Crippen LogP contribution in [0.2, 0.25) is 0 Å². The van der Waals surface area contributed by atoms with Crippen LogP contribution in [0.1, 0.15) is 26.2 Å². The van der Waals surface area contributed by atoms with Crippen molar-refractivity contribution >= 4 is 33.5 Å². The first kappa shape index (κ1) is 12.8. The summed E-state index contributed by atoms with van der Waals surface area (Å²) in [5.74, 6) is 1.39. The largest absolute Gasteiger partial charge is 0.300 e. The summed E-state index contributed by atoms with van der Waals surface area (Å²) in [6.45, 7) is 1.65. The molecule has 0 heterocycles. The van der Waals surface area contributed by atoms with Crippen LogP contribution in [0.15, 0.2) is 33.6 Å². The lowest BCUT2D eigenvalue weighted by Crippen LogP contribution is -1.90. The number of unbranched alkanes of at least 4 members (excludes halogenated alkanes) is 1. The third kappa shape index (κ3) is 6.00. The van der Waals surface area contributed by atoms with E-state index in [9.17, 15) is 4.79 Å². The van der Waals surface area contributed by atoms with Crippen molar-refractivity contribution in [2.24, 2.45) is 0 Å². The molecule has 0 radical (unpaired) electrons. The Morgan fingerprint density at radius 1 is 1.27 bits per heavy atom. The third-order valence-electron chi connectivity index (χ3n) is 2.01. The van der Waals surface area contributed by atoms with Gasteiger partial charge in [0.15, 0.2) is 0 Å². The average molecular weight is 287 g/mol. The van der Waals surface area contributed by atoms with E-state index in [4.69, 9.17) is 0 Å². The number of Topliss-reactive ketones (excluding diaryl/α,β-unsaturated/α-hetero) is 1. The van der Waals surface area contributed by atoms with Crippen molar-refractivity contribution in [3.63, 3.8) is 0 Å². The van der Waals surface area contributed by atoms with Crippen LogP contribution in [0.5, 0.6) is 0 Å². The monoisotopic (exact) mass is 286 g/mol. The molecule has 0 aliphatic rings. The standard InChI is InChI=1S/C12H15BrOS/c1-10(14)4-2-3-9-15-12-7-5-11(13)6-8-12/h5-8H,2-4,9H2,1H3. The predicted octanol–water partition coefficient (Wildman–Crippen LogP) is 4.30. The number of carbonyl (C=O) groups excluding carboxylic acids is 1. The summed E-state index contributed by atoms with van der Waals surface area (Å²) in [5.41, 5.74) is 0. The molecular weight excluding hydrogens is 272 g/mol. The van der Waals surface area contributed by atoms with E-state index in [1.165, 1.54) is 4.90 Å². The zero-order chi connectivity index (χ0) is 11.1. The molecule has 0 fully saturated rings. The Bertz CT molecular complexity index is 308. The number of benzene rings is 1. The second-order valence-electron chi connectivity index (χ2n) is 3.46. The molecule has 1 aromatic rings. The minimum Gasteiger partial charge on any atom is -0.300 e. The molecule has 1 rings (SSSR count). The Labute approximate surface area is 104 Å². The number of ketones is 1. The lowest BCUT2D eigenvalue weighted by atomic mass is 10.2. The summed E-state index contributed by atoms with van der Waals surface area (Å²) in [5, 5.41) is 0. The number of rotatable bonds is 6. The molecule has 3 heteroatoms. The smallest absolute Gasteiger partial charge is 0.129 e. The highest BCUT2D eigenvalue weighted by molar-refractivity contribution is 9.10. The van der Waals surface area contributed by atoms with Crippen molar-refractivity contribution in [2.45, 2.75) is 31.1 Å². The van der Waals surface area contributed by atoms with Gasteiger partial charge in [-0.25, -0.2) is 0 Å². The molecule has 0 N–H and O–H groups in total. The first-order valence-electron chi connectivity index (χ1n) is 5.06. The molecule has 0 aliphatic carbocycles. The van der Waals surface area contributed by atoms with Crippen LogP contribution in [-0.4, -0.2) is 11.5 Å². The number of halogens is 1. The van der Waals surface area contributed by atoms with Gasteiger partial charge in [-0.1, -0.05) is 15.9 Å². The molecule has 0 aliphatic heterocycles. The highest BCUT2D eigenvalue weighted by Gasteiger charge is 1.96. The maximum atomic E-state index is 10.7. The third-order valence-corrected chi connectivity index (χ3v) is 3.63.